The molecule has 1 rings (SSSR count). The van der Waals surface area contributed by atoms with Crippen molar-refractivity contribution in [2.45, 2.75) is 19.8 Å². The minimum Gasteiger partial charge on any atom is -0.360 e. The third-order valence-electron chi connectivity index (χ3n) is 1.81. The molecule has 0 spiro atoms. The molecule has 6 nitrogen and oxygen atoms in total. The first-order valence-electron chi connectivity index (χ1n) is 4.78. The summed E-state index contributed by atoms with van der Waals surface area (Å²) in [6, 6.07) is 1.59. The lowest BCUT2D eigenvalue weighted by atomic mass is 10.3. The molecule has 0 aromatic carbocycles. The third-order valence-corrected chi connectivity index (χ3v) is 2.84. The van der Waals surface area contributed by atoms with E-state index >= 15 is 0 Å². The molecule has 0 aliphatic heterocycles. The van der Waals surface area contributed by atoms with Crippen LogP contribution < -0.4 is 5.32 Å². The highest BCUT2D eigenvalue weighted by atomic mass is 32.2. The molecule has 1 heterocycles. The van der Waals surface area contributed by atoms with Gasteiger partial charge in [-0.05, 0) is 13.3 Å². The molecule has 7 heteroatoms. The molecule has 1 aromatic rings. The van der Waals surface area contributed by atoms with Crippen molar-refractivity contribution in [2.24, 2.45) is 0 Å². The number of sulfone groups is 1. The van der Waals surface area contributed by atoms with Gasteiger partial charge in [-0.25, -0.2) is 8.42 Å². The molecule has 0 aliphatic rings. The summed E-state index contributed by atoms with van der Waals surface area (Å²) < 4.78 is 26.4. The van der Waals surface area contributed by atoms with Crippen LogP contribution in [0.25, 0.3) is 0 Å². The molecule has 0 fully saturated rings. The van der Waals surface area contributed by atoms with Gasteiger partial charge < -0.3 is 9.84 Å². The molecule has 1 amide bonds. The van der Waals surface area contributed by atoms with E-state index in [4.69, 9.17) is 4.52 Å². The zero-order valence-corrected chi connectivity index (χ0v) is 10.0. The number of aromatic nitrogens is 1. The number of carbonyl (C=O) groups is 1. The molecule has 0 atom stereocenters. The Bertz CT molecular complexity index is 464. The van der Waals surface area contributed by atoms with Gasteiger partial charge in [0.15, 0.2) is 5.82 Å². The molecule has 0 saturated carbocycles. The van der Waals surface area contributed by atoms with E-state index in [1.807, 2.05) is 0 Å². The number of aryl methyl sites for hydroxylation is 1. The van der Waals surface area contributed by atoms with Crippen LogP contribution in [0, 0.1) is 6.92 Å². The van der Waals surface area contributed by atoms with Gasteiger partial charge in [-0.1, -0.05) is 5.16 Å². The Hall–Kier alpha value is -1.37. The maximum atomic E-state index is 11.3. The smallest absolute Gasteiger partial charge is 0.225 e. The summed E-state index contributed by atoms with van der Waals surface area (Å²) in [6.07, 6.45) is 1.60. The topological polar surface area (TPSA) is 89.3 Å². The fraction of sp³-hybridized carbons (Fsp3) is 0.556. The van der Waals surface area contributed by atoms with Gasteiger partial charge in [0, 0.05) is 18.7 Å². The van der Waals surface area contributed by atoms with Gasteiger partial charge in [-0.3, -0.25) is 4.79 Å². The van der Waals surface area contributed by atoms with Crippen LogP contribution in [0.15, 0.2) is 10.6 Å². The summed E-state index contributed by atoms with van der Waals surface area (Å²) in [5.74, 6) is 0.698. The molecular formula is C9H14N2O4S. The van der Waals surface area contributed by atoms with Crippen molar-refractivity contribution >= 4 is 21.6 Å². The van der Waals surface area contributed by atoms with Crippen molar-refractivity contribution in [1.29, 1.82) is 0 Å². The number of amides is 1. The van der Waals surface area contributed by atoms with E-state index in [1.54, 1.807) is 13.0 Å². The molecule has 0 bridgehead atoms. The average Bonchev–Trinajstić information content (AvgIpc) is 2.48. The molecular weight excluding hydrogens is 232 g/mol. The molecule has 1 aromatic heterocycles. The normalized spacial score (nSPS) is 11.4. The molecule has 0 unspecified atom stereocenters. The minimum absolute atomic E-state index is 0.0122. The van der Waals surface area contributed by atoms with Gasteiger partial charge in [0.25, 0.3) is 0 Å². The zero-order chi connectivity index (χ0) is 12.2. The maximum Gasteiger partial charge on any atom is 0.225 e. The van der Waals surface area contributed by atoms with Crippen molar-refractivity contribution < 1.29 is 17.7 Å². The van der Waals surface area contributed by atoms with Crippen molar-refractivity contribution in [1.82, 2.24) is 5.16 Å². The highest BCUT2D eigenvalue weighted by Gasteiger charge is 2.08. The predicted octanol–water partition coefficient (Wildman–Crippen LogP) is 0.746. The largest absolute Gasteiger partial charge is 0.360 e. The number of nitrogens with one attached hydrogen (secondary N) is 1. The van der Waals surface area contributed by atoms with Crippen molar-refractivity contribution in [2.75, 3.05) is 17.3 Å². The second-order valence-electron chi connectivity index (χ2n) is 3.60. The highest BCUT2D eigenvalue weighted by molar-refractivity contribution is 7.90. The van der Waals surface area contributed by atoms with E-state index < -0.39 is 9.84 Å². The Morgan fingerprint density at radius 3 is 2.75 bits per heavy atom. The van der Waals surface area contributed by atoms with E-state index in [2.05, 4.69) is 10.5 Å². The molecule has 0 aliphatic carbocycles. The number of anilines is 1. The van der Waals surface area contributed by atoms with E-state index in [0.717, 1.165) is 6.26 Å². The summed E-state index contributed by atoms with van der Waals surface area (Å²) in [7, 11) is -3.00. The van der Waals surface area contributed by atoms with Crippen LogP contribution >= 0.6 is 0 Å². The molecule has 90 valence electrons. The minimum atomic E-state index is -3.00. The molecule has 16 heavy (non-hydrogen) atoms. The van der Waals surface area contributed by atoms with Crippen molar-refractivity contribution in [3.63, 3.8) is 0 Å². The summed E-state index contributed by atoms with van der Waals surface area (Å²) in [4.78, 5) is 11.3. The number of nitrogens with zero attached hydrogens (tertiary/aromatic N) is 1. The van der Waals surface area contributed by atoms with Crippen LogP contribution in [-0.2, 0) is 14.6 Å². The van der Waals surface area contributed by atoms with Crippen LogP contribution in [0.5, 0.6) is 0 Å². The Kier molecular flexibility index (Phi) is 4.05. The standard InChI is InChI=1S/C9H14N2O4S/c1-7-6-8(11-15-7)10-9(12)4-3-5-16(2,13)14/h6H,3-5H2,1-2H3,(H,10,11,12). The fourth-order valence-electron chi connectivity index (χ4n) is 1.13. The van der Waals surface area contributed by atoms with Crippen LogP contribution in [-0.4, -0.2) is 31.5 Å². The second-order valence-corrected chi connectivity index (χ2v) is 5.86. The summed E-state index contributed by atoms with van der Waals surface area (Å²) in [6.45, 7) is 1.71. The molecule has 0 saturated heterocycles. The van der Waals surface area contributed by atoms with Gasteiger partial charge in [-0.15, -0.1) is 0 Å². The molecule has 0 radical (unpaired) electrons. The Labute approximate surface area is 93.9 Å². The number of rotatable bonds is 5. The fourth-order valence-corrected chi connectivity index (χ4v) is 1.79. The first-order valence-corrected chi connectivity index (χ1v) is 6.84. The SMILES string of the molecule is Cc1cc(NC(=O)CCCS(C)(=O)=O)no1. The average molecular weight is 246 g/mol. The van der Waals surface area contributed by atoms with E-state index in [-0.39, 0.29) is 18.1 Å². The lowest BCUT2D eigenvalue weighted by Crippen LogP contribution is -2.13. The van der Waals surface area contributed by atoms with Crippen molar-refractivity contribution in [3.8, 4) is 0 Å². The number of carbonyl (C=O) groups excluding carboxylic acids is 1. The Morgan fingerprint density at radius 1 is 1.56 bits per heavy atom. The number of hydrogen-bond donors (Lipinski definition) is 1. The van der Waals surface area contributed by atoms with E-state index in [1.165, 1.54) is 0 Å². The van der Waals surface area contributed by atoms with Gasteiger partial charge in [-0.2, -0.15) is 0 Å². The van der Waals surface area contributed by atoms with Gasteiger partial charge in [0.1, 0.15) is 15.6 Å². The lowest BCUT2D eigenvalue weighted by Gasteiger charge is -2.00. The van der Waals surface area contributed by atoms with Crippen LogP contribution in [0.4, 0.5) is 5.82 Å². The second kappa shape index (κ2) is 5.11. The van der Waals surface area contributed by atoms with E-state index in [9.17, 15) is 13.2 Å². The van der Waals surface area contributed by atoms with E-state index in [0.29, 0.717) is 18.0 Å². The Morgan fingerprint density at radius 2 is 2.25 bits per heavy atom. The van der Waals surface area contributed by atoms with Crippen LogP contribution in [0.2, 0.25) is 0 Å². The van der Waals surface area contributed by atoms with Crippen LogP contribution in [0.3, 0.4) is 0 Å². The lowest BCUT2D eigenvalue weighted by molar-refractivity contribution is -0.116. The summed E-state index contributed by atoms with van der Waals surface area (Å²) >= 11 is 0. The summed E-state index contributed by atoms with van der Waals surface area (Å²) in [5.41, 5.74) is 0. The third kappa shape index (κ3) is 4.92. The van der Waals surface area contributed by atoms with Gasteiger partial charge >= 0.3 is 0 Å². The number of hydrogen-bond acceptors (Lipinski definition) is 5. The van der Waals surface area contributed by atoms with Gasteiger partial charge in [0.2, 0.25) is 5.91 Å². The Balaban J connectivity index is 2.32. The summed E-state index contributed by atoms with van der Waals surface area (Å²) in [5, 5.41) is 6.10. The van der Waals surface area contributed by atoms with Crippen molar-refractivity contribution in [3.05, 3.63) is 11.8 Å². The van der Waals surface area contributed by atoms with Gasteiger partial charge in [0.05, 0.1) is 5.75 Å². The first-order chi connectivity index (χ1) is 7.37. The molecule has 1 N–H and O–H groups in total. The quantitative estimate of drug-likeness (QED) is 0.827. The van der Waals surface area contributed by atoms with Crippen LogP contribution in [0.1, 0.15) is 18.6 Å². The highest BCUT2D eigenvalue weighted by Crippen LogP contribution is 2.07. The monoisotopic (exact) mass is 246 g/mol. The first kappa shape index (κ1) is 12.7. The predicted molar refractivity (Wildman–Crippen MR) is 58.8 cm³/mol. The zero-order valence-electron chi connectivity index (χ0n) is 9.19. The maximum absolute atomic E-state index is 11.3.